The van der Waals surface area contributed by atoms with E-state index in [4.69, 9.17) is 9.47 Å². The van der Waals surface area contributed by atoms with Gasteiger partial charge in [-0.25, -0.2) is 0 Å². The van der Waals surface area contributed by atoms with Crippen LogP contribution in [0.25, 0.3) is 21.8 Å². The lowest BCUT2D eigenvalue weighted by Crippen LogP contribution is -2.38. The number of nitrogens with one attached hydrogen (secondary N) is 1. The van der Waals surface area contributed by atoms with E-state index in [9.17, 15) is 4.79 Å². The summed E-state index contributed by atoms with van der Waals surface area (Å²) in [4.78, 5) is 21.3. The second-order valence-corrected chi connectivity index (χ2v) is 8.66. The summed E-state index contributed by atoms with van der Waals surface area (Å²) >= 11 is 0. The zero-order valence-electron chi connectivity index (χ0n) is 18.1. The lowest BCUT2D eigenvalue weighted by molar-refractivity contribution is 0.165. The lowest BCUT2D eigenvalue weighted by atomic mass is 10.1. The van der Waals surface area contributed by atoms with E-state index < -0.39 is 0 Å². The third-order valence-electron chi connectivity index (χ3n) is 6.41. The molecule has 2 saturated heterocycles. The molecule has 2 aromatic carbocycles. The van der Waals surface area contributed by atoms with Crippen LogP contribution in [0, 0.1) is 0 Å². The number of aromatic nitrogens is 1. The Labute approximate surface area is 182 Å². The molecule has 3 aromatic rings. The lowest BCUT2D eigenvalue weighted by Gasteiger charge is -2.30. The summed E-state index contributed by atoms with van der Waals surface area (Å²) in [6.07, 6.45) is 4.66. The highest BCUT2D eigenvalue weighted by Crippen LogP contribution is 2.23. The summed E-state index contributed by atoms with van der Waals surface area (Å²) in [5.41, 5.74) is 1.65. The molecule has 1 N–H and O–H groups in total. The molecule has 0 bridgehead atoms. The highest BCUT2D eigenvalue weighted by molar-refractivity contribution is 5.93. The van der Waals surface area contributed by atoms with Crippen LogP contribution in [0.15, 0.2) is 41.2 Å². The van der Waals surface area contributed by atoms with E-state index in [1.807, 2.05) is 36.4 Å². The third-order valence-corrected chi connectivity index (χ3v) is 6.41. The number of hydrogen-bond acceptors (Lipinski definition) is 5. The van der Waals surface area contributed by atoms with Gasteiger partial charge in [-0.3, -0.25) is 4.79 Å². The number of fused-ring (bicyclic) bond motifs is 2. The van der Waals surface area contributed by atoms with E-state index in [1.165, 1.54) is 39.0 Å². The summed E-state index contributed by atoms with van der Waals surface area (Å²) in [5, 5.41) is 1.34. The van der Waals surface area contributed by atoms with Crippen molar-refractivity contribution in [2.24, 2.45) is 0 Å². The number of likely N-dealkylation sites (tertiary alicyclic amines) is 2. The maximum Gasteiger partial charge on any atom is 0.197 e. The van der Waals surface area contributed by atoms with E-state index >= 15 is 0 Å². The smallest absolute Gasteiger partial charge is 0.197 e. The molecular weight excluding hydrogens is 390 g/mol. The van der Waals surface area contributed by atoms with Crippen molar-refractivity contribution < 1.29 is 9.47 Å². The summed E-state index contributed by atoms with van der Waals surface area (Å²) < 4.78 is 11.8. The molecule has 31 heavy (non-hydrogen) atoms. The van der Waals surface area contributed by atoms with Gasteiger partial charge in [0.25, 0.3) is 0 Å². The second-order valence-electron chi connectivity index (χ2n) is 8.66. The summed E-state index contributed by atoms with van der Waals surface area (Å²) in [6.45, 7) is 8.41. The molecule has 1 aromatic heterocycles. The van der Waals surface area contributed by atoms with Gasteiger partial charge < -0.3 is 24.3 Å². The van der Waals surface area contributed by atoms with E-state index in [1.54, 1.807) is 0 Å². The van der Waals surface area contributed by atoms with Gasteiger partial charge in [0.15, 0.2) is 5.43 Å². The van der Waals surface area contributed by atoms with E-state index in [0.29, 0.717) is 24.0 Å². The summed E-state index contributed by atoms with van der Waals surface area (Å²) in [5.74, 6) is 1.55. The second kappa shape index (κ2) is 9.28. The van der Waals surface area contributed by atoms with E-state index in [-0.39, 0.29) is 5.43 Å². The summed E-state index contributed by atoms with van der Waals surface area (Å²) in [6, 6.07) is 11.4. The quantitative estimate of drug-likeness (QED) is 0.400. The van der Waals surface area contributed by atoms with Crippen LogP contribution in [-0.4, -0.2) is 67.3 Å². The number of rotatable bonds is 10. The average molecular weight is 422 g/mol. The van der Waals surface area contributed by atoms with Crippen LogP contribution < -0.4 is 14.9 Å². The first-order valence-corrected chi connectivity index (χ1v) is 11.6. The van der Waals surface area contributed by atoms with E-state index in [0.717, 1.165) is 48.5 Å². The predicted octanol–water partition coefficient (Wildman–Crippen LogP) is 3.63. The minimum absolute atomic E-state index is 0.0270. The Hall–Kier alpha value is -2.57. The SMILES string of the molecule is O=c1c2ccc(OCCCN3CCC3)cc2[nH]c2ccc(OCCCN3CCC3)cc12. The Morgan fingerprint density at radius 2 is 1.35 bits per heavy atom. The van der Waals surface area contributed by atoms with Crippen LogP contribution in [0.4, 0.5) is 0 Å². The molecule has 6 heteroatoms. The topological polar surface area (TPSA) is 57.8 Å². The van der Waals surface area contributed by atoms with Crippen LogP contribution in [0.5, 0.6) is 11.5 Å². The first-order valence-electron chi connectivity index (χ1n) is 11.6. The normalized spacial score (nSPS) is 16.9. The molecule has 0 aliphatic carbocycles. The zero-order chi connectivity index (χ0) is 21.0. The van der Waals surface area contributed by atoms with Crippen molar-refractivity contribution in [1.29, 1.82) is 0 Å². The number of aromatic amines is 1. The molecule has 0 unspecified atom stereocenters. The molecule has 2 aliphatic heterocycles. The van der Waals surface area contributed by atoms with Crippen molar-refractivity contribution in [3.05, 3.63) is 46.6 Å². The van der Waals surface area contributed by atoms with Crippen molar-refractivity contribution in [3.8, 4) is 11.5 Å². The first kappa shape index (κ1) is 20.3. The molecule has 0 amide bonds. The Bertz CT molecular complexity index is 1100. The van der Waals surface area contributed by atoms with Gasteiger partial charge in [-0.15, -0.1) is 0 Å². The fraction of sp³-hybridized carbons (Fsp3) is 0.480. The van der Waals surface area contributed by atoms with Gasteiger partial charge >= 0.3 is 0 Å². The maximum atomic E-state index is 13.1. The molecule has 0 atom stereocenters. The minimum Gasteiger partial charge on any atom is -0.494 e. The molecule has 0 spiro atoms. The number of hydrogen-bond donors (Lipinski definition) is 1. The molecular formula is C25H31N3O3. The van der Waals surface area contributed by atoms with Gasteiger partial charge in [0, 0.05) is 29.9 Å². The Morgan fingerprint density at radius 3 is 1.97 bits per heavy atom. The number of pyridine rings is 1. The van der Waals surface area contributed by atoms with Crippen molar-refractivity contribution in [2.75, 3.05) is 52.5 Å². The highest BCUT2D eigenvalue weighted by Gasteiger charge is 2.13. The Morgan fingerprint density at radius 1 is 0.742 bits per heavy atom. The van der Waals surface area contributed by atoms with Gasteiger partial charge in [-0.1, -0.05) is 0 Å². The number of H-pyrrole nitrogens is 1. The maximum absolute atomic E-state index is 13.1. The van der Waals surface area contributed by atoms with Gasteiger partial charge in [-0.2, -0.15) is 0 Å². The van der Waals surface area contributed by atoms with Crippen LogP contribution in [0.2, 0.25) is 0 Å². The monoisotopic (exact) mass is 421 g/mol. The van der Waals surface area contributed by atoms with Gasteiger partial charge in [0.05, 0.1) is 24.2 Å². The molecule has 2 fully saturated rings. The van der Waals surface area contributed by atoms with Crippen LogP contribution in [0.1, 0.15) is 25.7 Å². The Kier molecular flexibility index (Phi) is 6.09. The molecule has 164 valence electrons. The standard InChI is InChI=1S/C25H31N3O3/c29-25-21-7-5-20(31-16-4-14-28-11-2-12-28)18-24(21)26-23-8-6-19(17-22(23)25)30-15-3-13-27-9-1-10-27/h5-8,17-18H,1-4,9-16H2,(H,26,29). The molecule has 5 rings (SSSR count). The first-order chi connectivity index (χ1) is 15.3. The highest BCUT2D eigenvalue weighted by atomic mass is 16.5. The molecule has 0 radical (unpaired) electrons. The van der Waals surface area contributed by atoms with Crippen LogP contribution in [0.3, 0.4) is 0 Å². The molecule has 2 aliphatic rings. The number of nitrogens with zero attached hydrogens (tertiary/aromatic N) is 2. The minimum atomic E-state index is 0.0270. The number of ether oxygens (including phenoxy) is 2. The van der Waals surface area contributed by atoms with Crippen molar-refractivity contribution in [1.82, 2.24) is 14.8 Å². The average Bonchev–Trinajstić information content (AvgIpc) is 2.71. The van der Waals surface area contributed by atoms with Gasteiger partial charge in [-0.05, 0) is 82.2 Å². The fourth-order valence-electron chi connectivity index (χ4n) is 4.28. The van der Waals surface area contributed by atoms with Gasteiger partial charge in [0.1, 0.15) is 11.5 Å². The number of benzene rings is 2. The van der Waals surface area contributed by atoms with Crippen molar-refractivity contribution in [2.45, 2.75) is 25.7 Å². The largest absolute Gasteiger partial charge is 0.494 e. The fourth-order valence-corrected chi connectivity index (χ4v) is 4.28. The van der Waals surface area contributed by atoms with Crippen LogP contribution >= 0.6 is 0 Å². The third kappa shape index (κ3) is 4.70. The molecule has 0 saturated carbocycles. The van der Waals surface area contributed by atoms with Crippen LogP contribution in [-0.2, 0) is 0 Å². The molecule has 6 nitrogen and oxygen atoms in total. The Balaban J connectivity index is 1.25. The van der Waals surface area contributed by atoms with Crippen molar-refractivity contribution in [3.63, 3.8) is 0 Å². The van der Waals surface area contributed by atoms with E-state index in [2.05, 4.69) is 14.8 Å². The van der Waals surface area contributed by atoms with Crippen molar-refractivity contribution >= 4 is 21.8 Å². The van der Waals surface area contributed by atoms with Gasteiger partial charge in [0.2, 0.25) is 0 Å². The molecule has 3 heterocycles. The predicted molar refractivity (Wildman–Crippen MR) is 124 cm³/mol. The summed E-state index contributed by atoms with van der Waals surface area (Å²) in [7, 11) is 0. The zero-order valence-corrected chi connectivity index (χ0v) is 18.1.